The first-order chi connectivity index (χ1) is 12.3. The molecule has 2 heterocycles. The summed E-state index contributed by atoms with van der Waals surface area (Å²) in [5.74, 6) is 1.75. The minimum absolute atomic E-state index is 0.0981. The predicted molar refractivity (Wildman–Crippen MR) is 101 cm³/mol. The molecule has 130 valence electrons. The van der Waals surface area contributed by atoms with Gasteiger partial charge in [-0.1, -0.05) is 42.5 Å². The molecule has 4 rings (SSSR count). The fourth-order valence-electron chi connectivity index (χ4n) is 3.67. The zero-order valence-corrected chi connectivity index (χ0v) is 14.7. The van der Waals surface area contributed by atoms with Gasteiger partial charge in [-0.25, -0.2) is 4.98 Å². The van der Waals surface area contributed by atoms with Crippen molar-refractivity contribution in [3.05, 3.63) is 66.0 Å². The van der Waals surface area contributed by atoms with Gasteiger partial charge in [-0.2, -0.15) is 0 Å². The number of aromatic nitrogens is 2. The highest BCUT2D eigenvalue weighted by atomic mass is 16.5. The van der Waals surface area contributed by atoms with Gasteiger partial charge in [0.05, 0.1) is 17.1 Å². The van der Waals surface area contributed by atoms with Crippen molar-refractivity contribution in [2.24, 2.45) is 13.0 Å². The number of imidazole rings is 1. The molecule has 0 unspecified atom stereocenters. The Labute approximate surface area is 148 Å². The Morgan fingerprint density at radius 2 is 1.96 bits per heavy atom. The lowest BCUT2D eigenvalue weighted by Gasteiger charge is -2.20. The van der Waals surface area contributed by atoms with E-state index in [1.165, 1.54) is 17.5 Å². The Hall–Kier alpha value is -2.17. The summed E-state index contributed by atoms with van der Waals surface area (Å²) in [5.41, 5.74) is 3.47. The summed E-state index contributed by atoms with van der Waals surface area (Å²) in [4.78, 5) is 4.92. The second kappa shape index (κ2) is 7.38. The molecule has 1 saturated heterocycles. The van der Waals surface area contributed by atoms with Gasteiger partial charge in [0, 0.05) is 20.3 Å². The van der Waals surface area contributed by atoms with Crippen LogP contribution in [-0.2, 0) is 11.8 Å². The highest BCUT2D eigenvalue weighted by Crippen LogP contribution is 2.25. The average Bonchev–Trinajstić information content (AvgIpc) is 3.28. The van der Waals surface area contributed by atoms with Crippen LogP contribution in [-0.4, -0.2) is 29.3 Å². The molecule has 1 fully saturated rings. The van der Waals surface area contributed by atoms with Crippen LogP contribution >= 0.6 is 0 Å². The summed E-state index contributed by atoms with van der Waals surface area (Å²) < 4.78 is 7.71. The van der Waals surface area contributed by atoms with Gasteiger partial charge in [0.25, 0.3) is 0 Å². The molecular weight excluding hydrogens is 310 g/mol. The van der Waals surface area contributed by atoms with E-state index in [2.05, 4.69) is 65.5 Å². The number of ether oxygens (including phenoxy) is 1. The Balaban J connectivity index is 1.61. The van der Waals surface area contributed by atoms with Crippen molar-refractivity contribution in [1.82, 2.24) is 14.9 Å². The number of benzene rings is 2. The van der Waals surface area contributed by atoms with E-state index in [-0.39, 0.29) is 6.04 Å². The molecule has 2 aromatic carbocycles. The molecule has 1 N–H and O–H groups in total. The number of fused-ring (bicyclic) bond motifs is 1. The van der Waals surface area contributed by atoms with E-state index in [1.807, 2.05) is 6.07 Å². The summed E-state index contributed by atoms with van der Waals surface area (Å²) in [6, 6.07) is 19.0. The highest BCUT2D eigenvalue weighted by Gasteiger charge is 2.21. The van der Waals surface area contributed by atoms with Crippen molar-refractivity contribution in [1.29, 1.82) is 0 Å². The summed E-state index contributed by atoms with van der Waals surface area (Å²) in [6.07, 6.45) is 2.33. The molecule has 3 aromatic rings. The summed E-state index contributed by atoms with van der Waals surface area (Å²) in [5, 5.41) is 3.74. The summed E-state index contributed by atoms with van der Waals surface area (Å²) in [7, 11) is 2.10. The van der Waals surface area contributed by atoms with E-state index in [1.54, 1.807) is 0 Å². The number of aryl methyl sites for hydroxylation is 1. The second-order valence-electron chi connectivity index (χ2n) is 6.83. The maximum absolute atomic E-state index is 5.50. The predicted octanol–water partition coefficient (Wildman–Crippen LogP) is 3.68. The van der Waals surface area contributed by atoms with Crippen LogP contribution in [0.4, 0.5) is 0 Å². The maximum atomic E-state index is 5.50. The van der Waals surface area contributed by atoms with Crippen LogP contribution in [0.5, 0.6) is 0 Å². The third kappa shape index (κ3) is 3.46. The van der Waals surface area contributed by atoms with Gasteiger partial charge >= 0.3 is 0 Å². The molecule has 1 aliphatic rings. The van der Waals surface area contributed by atoms with E-state index in [4.69, 9.17) is 9.72 Å². The van der Waals surface area contributed by atoms with Crippen molar-refractivity contribution in [3.8, 4) is 0 Å². The van der Waals surface area contributed by atoms with Gasteiger partial charge in [-0.05, 0) is 43.0 Å². The molecule has 1 aromatic heterocycles. The minimum atomic E-state index is 0.0981. The van der Waals surface area contributed by atoms with E-state index in [0.29, 0.717) is 5.92 Å². The highest BCUT2D eigenvalue weighted by molar-refractivity contribution is 5.76. The van der Waals surface area contributed by atoms with Crippen molar-refractivity contribution in [2.75, 3.05) is 19.8 Å². The van der Waals surface area contributed by atoms with Crippen molar-refractivity contribution >= 4 is 11.0 Å². The molecule has 0 saturated carbocycles. The quantitative estimate of drug-likeness (QED) is 0.747. The SMILES string of the molecule is Cn1c([C@@H](NCC[C@@H]2CCOC2)c2ccccc2)nc2ccccc21. The van der Waals surface area contributed by atoms with Gasteiger partial charge in [-0.3, -0.25) is 0 Å². The van der Waals surface area contributed by atoms with Crippen LogP contribution < -0.4 is 5.32 Å². The molecule has 4 heteroatoms. The lowest BCUT2D eigenvalue weighted by Crippen LogP contribution is -2.27. The smallest absolute Gasteiger partial charge is 0.131 e. The molecule has 2 atom stereocenters. The number of rotatable bonds is 6. The lowest BCUT2D eigenvalue weighted by molar-refractivity contribution is 0.184. The molecule has 4 nitrogen and oxygen atoms in total. The number of hydrogen-bond acceptors (Lipinski definition) is 3. The number of hydrogen-bond donors (Lipinski definition) is 1. The molecular formula is C21H25N3O. The minimum Gasteiger partial charge on any atom is -0.381 e. The average molecular weight is 335 g/mol. The Morgan fingerprint density at radius 3 is 2.72 bits per heavy atom. The molecule has 25 heavy (non-hydrogen) atoms. The van der Waals surface area contributed by atoms with E-state index in [9.17, 15) is 0 Å². The third-order valence-corrected chi connectivity index (χ3v) is 5.14. The Kier molecular flexibility index (Phi) is 4.81. The van der Waals surface area contributed by atoms with E-state index < -0.39 is 0 Å². The van der Waals surface area contributed by atoms with Crippen molar-refractivity contribution < 1.29 is 4.74 Å². The zero-order valence-electron chi connectivity index (χ0n) is 14.7. The monoisotopic (exact) mass is 335 g/mol. The molecule has 0 radical (unpaired) electrons. The van der Waals surface area contributed by atoms with Gasteiger partial charge in [0.1, 0.15) is 5.82 Å². The van der Waals surface area contributed by atoms with Gasteiger partial charge in [-0.15, -0.1) is 0 Å². The molecule has 0 bridgehead atoms. The maximum Gasteiger partial charge on any atom is 0.131 e. The first-order valence-electron chi connectivity index (χ1n) is 9.10. The van der Waals surface area contributed by atoms with Crippen LogP contribution in [0, 0.1) is 5.92 Å². The van der Waals surface area contributed by atoms with Crippen LogP contribution in [0.25, 0.3) is 11.0 Å². The molecule has 0 aliphatic carbocycles. The largest absolute Gasteiger partial charge is 0.381 e. The summed E-state index contributed by atoms with van der Waals surface area (Å²) in [6.45, 7) is 2.79. The normalized spacial score (nSPS) is 18.7. The van der Waals surface area contributed by atoms with E-state index in [0.717, 1.165) is 37.5 Å². The molecule has 1 aliphatic heterocycles. The number of nitrogens with zero attached hydrogens (tertiary/aromatic N) is 2. The number of nitrogens with one attached hydrogen (secondary N) is 1. The van der Waals surface area contributed by atoms with Crippen LogP contribution in [0.1, 0.15) is 30.3 Å². The molecule has 0 spiro atoms. The zero-order chi connectivity index (χ0) is 17.1. The van der Waals surface area contributed by atoms with Gasteiger partial charge in [0.2, 0.25) is 0 Å². The Bertz CT molecular complexity index is 822. The van der Waals surface area contributed by atoms with Crippen molar-refractivity contribution in [2.45, 2.75) is 18.9 Å². The lowest BCUT2D eigenvalue weighted by atomic mass is 10.0. The first kappa shape index (κ1) is 16.3. The standard InChI is InChI=1S/C21H25N3O/c1-24-19-10-6-5-9-18(19)23-21(24)20(17-7-3-2-4-8-17)22-13-11-16-12-14-25-15-16/h2-10,16,20,22H,11-15H2,1H3/t16-,20+/m1/s1. The fourth-order valence-corrected chi connectivity index (χ4v) is 3.67. The second-order valence-corrected chi connectivity index (χ2v) is 6.83. The van der Waals surface area contributed by atoms with Crippen molar-refractivity contribution in [3.63, 3.8) is 0 Å². The third-order valence-electron chi connectivity index (χ3n) is 5.14. The van der Waals surface area contributed by atoms with Gasteiger partial charge in [0.15, 0.2) is 0 Å². The van der Waals surface area contributed by atoms with E-state index >= 15 is 0 Å². The van der Waals surface area contributed by atoms with Crippen LogP contribution in [0.15, 0.2) is 54.6 Å². The Morgan fingerprint density at radius 1 is 1.16 bits per heavy atom. The molecule has 0 amide bonds. The first-order valence-corrected chi connectivity index (χ1v) is 9.10. The number of para-hydroxylation sites is 2. The fraction of sp³-hybridized carbons (Fsp3) is 0.381. The van der Waals surface area contributed by atoms with Crippen LogP contribution in [0.3, 0.4) is 0 Å². The van der Waals surface area contributed by atoms with Crippen LogP contribution in [0.2, 0.25) is 0 Å². The van der Waals surface area contributed by atoms with Gasteiger partial charge < -0.3 is 14.6 Å². The summed E-state index contributed by atoms with van der Waals surface area (Å²) >= 11 is 0. The topological polar surface area (TPSA) is 39.1 Å².